The van der Waals surface area contributed by atoms with Crippen molar-refractivity contribution in [2.24, 2.45) is 10.8 Å². The Morgan fingerprint density at radius 2 is 1.64 bits per heavy atom. The molecule has 1 fully saturated rings. The molecule has 150 valence electrons. The summed E-state index contributed by atoms with van der Waals surface area (Å²) in [7, 11) is 0. The van der Waals surface area contributed by atoms with Crippen LogP contribution in [-0.2, 0) is 0 Å². The predicted octanol–water partition coefficient (Wildman–Crippen LogP) is 7.03. The molecule has 3 aromatic rings. The Labute approximate surface area is 169 Å². The van der Waals surface area contributed by atoms with Gasteiger partial charge in [-0.2, -0.15) is 0 Å². The lowest BCUT2D eigenvalue weighted by Gasteiger charge is -2.47. The zero-order valence-electron chi connectivity index (χ0n) is 18.9. The van der Waals surface area contributed by atoms with Crippen LogP contribution in [0.4, 0.5) is 5.69 Å². The van der Waals surface area contributed by atoms with Gasteiger partial charge in [0.15, 0.2) is 5.58 Å². The summed E-state index contributed by atoms with van der Waals surface area (Å²) < 4.78 is 6.43. The Morgan fingerprint density at radius 3 is 2.29 bits per heavy atom. The molecule has 1 unspecified atom stereocenters. The van der Waals surface area contributed by atoms with Crippen molar-refractivity contribution >= 4 is 27.8 Å². The maximum Gasteiger partial charge on any atom is 0.227 e. The van der Waals surface area contributed by atoms with E-state index in [0.717, 1.165) is 34.2 Å². The van der Waals surface area contributed by atoms with E-state index in [9.17, 15) is 0 Å². The van der Waals surface area contributed by atoms with Gasteiger partial charge in [0.1, 0.15) is 0 Å². The van der Waals surface area contributed by atoms with Crippen molar-refractivity contribution < 1.29 is 4.42 Å². The third kappa shape index (κ3) is 2.13. The molecule has 3 heteroatoms. The van der Waals surface area contributed by atoms with Crippen molar-refractivity contribution in [1.29, 1.82) is 0 Å². The minimum absolute atomic E-state index is 0.0251. The molecule has 0 radical (unpaired) electrons. The molecule has 1 aliphatic heterocycles. The topological polar surface area (TPSA) is 29.3 Å². The van der Waals surface area contributed by atoms with E-state index in [1.54, 1.807) is 0 Å². The molecule has 0 N–H and O–H groups in total. The Hall–Kier alpha value is -2.03. The Balaban J connectivity index is 2.08. The lowest BCUT2D eigenvalue weighted by atomic mass is 9.59. The van der Waals surface area contributed by atoms with Crippen molar-refractivity contribution in [3.8, 4) is 0 Å². The van der Waals surface area contributed by atoms with Crippen LogP contribution in [0, 0.1) is 24.7 Å². The van der Waals surface area contributed by atoms with Crippen LogP contribution in [0.3, 0.4) is 0 Å². The first-order valence-corrected chi connectivity index (χ1v) is 10.6. The molecule has 4 rings (SSSR count). The lowest BCUT2D eigenvalue weighted by molar-refractivity contribution is 0.0837. The summed E-state index contributed by atoms with van der Waals surface area (Å²) >= 11 is 0. The number of benzene rings is 1. The molecular weight excluding hydrogens is 344 g/mol. The number of rotatable bonds is 2. The molecule has 0 aliphatic carbocycles. The number of furan rings is 1. The summed E-state index contributed by atoms with van der Waals surface area (Å²) in [6, 6.07) is 9.03. The highest BCUT2D eigenvalue weighted by Crippen LogP contribution is 2.62. The largest absolute Gasteiger partial charge is 0.436 e. The van der Waals surface area contributed by atoms with Crippen LogP contribution in [0.25, 0.3) is 22.1 Å². The molecule has 3 nitrogen and oxygen atoms in total. The average molecular weight is 379 g/mol. The zero-order valence-corrected chi connectivity index (χ0v) is 18.9. The molecule has 1 aromatic carbocycles. The second kappa shape index (κ2) is 5.75. The Morgan fingerprint density at radius 1 is 1.00 bits per heavy atom. The number of aromatic nitrogens is 1. The van der Waals surface area contributed by atoms with E-state index in [4.69, 9.17) is 4.42 Å². The van der Waals surface area contributed by atoms with Crippen LogP contribution < -0.4 is 4.90 Å². The standard InChI is InChI=1S/C25H34N2O/c1-10-25(9)24(7,8)23(5,6)17(4)27(25)20-15(2)11-13-18-19-14-12-16(3)26-22(19)28-21(18)20/h11-14,17H,10H2,1-9H3/t17-,25?/m0/s1. The van der Waals surface area contributed by atoms with Gasteiger partial charge in [0, 0.05) is 28.0 Å². The average Bonchev–Trinajstić information content (AvgIpc) is 3.03. The quantitative estimate of drug-likeness (QED) is 0.479. The van der Waals surface area contributed by atoms with E-state index in [1.807, 2.05) is 6.92 Å². The second-order valence-electron chi connectivity index (χ2n) is 10.0. The molecule has 28 heavy (non-hydrogen) atoms. The summed E-state index contributed by atoms with van der Waals surface area (Å²) in [6.45, 7) is 21.1. The minimum atomic E-state index is 0.0251. The molecular formula is C25H34N2O. The van der Waals surface area contributed by atoms with Gasteiger partial charge in [0.05, 0.1) is 5.69 Å². The number of anilines is 1. The van der Waals surface area contributed by atoms with Crippen LogP contribution >= 0.6 is 0 Å². The SMILES string of the molecule is CCC1(C)N(c2c(C)ccc3c2oc2nc(C)ccc23)[C@@H](C)C(C)(C)C1(C)C. The van der Waals surface area contributed by atoms with Crippen LogP contribution in [0.2, 0.25) is 0 Å². The first kappa shape index (κ1) is 19.3. The summed E-state index contributed by atoms with van der Waals surface area (Å²) in [4.78, 5) is 7.32. The van der Waals surface area contributed by atoms with Gasteiger partial charge < -0.3 is 9.32 Å². The second-order valence-corrected chi connectivity index (χ2v) is 10.0. The zero-order chi connectivity index (χ0) is 20.6. The molecule has 0 spiro atoms. The van der Waals surface area contributed by atoms with E-state index >= 15 is 0 Å². The van der Waals surface area contributed by atoms with Gasteiger partial charge in [0.2, 0.25) is 5.71 Å². The van der Waals surface area contributed by atoms with Crippen LogP contribution in [-0.4, -0.2) is 16.6 Å². The van der Waals surface area contributed by atoms with E-state index in [1.165, 1.54) is 11.3 Å². The molecule has 2 aromatic heterocycles. The highest BCUT2D eigenvalue weighted by atomic mass is 16.3. The summed E-state index contributed by atoms with van der Waals surface area (Å²) in [6.07, 6.45) is 1.08. The maximum absolute atomic E-state index is 6.43. The molecule has 1 saturated heterocycles. The van der Waals surface area contributed by atoms with E-state index in [-0.39, 0.29) is 16.4 Å². The fraction of sp³-hybridized carbons (Fsp3) is 0.560. The Kier molecular flexibility index (Phi) is 3.96. The summed E-state index contributed by atoms with van der Waals surface area (Å²) in [5.41, 5.74) is 5.54. The van der Waals surface area contributed by atoms with Gasteiger partial charge in [-0.05, 0) is 62.6 Å². The fourth-order valence-corrected chi connectivity index (χ4v) is 5.52. The fourth-order valence-electron chi connectivity index (χ4n) is 5.52. The summed E-state index contributed by atoms with van der Waals surface area (Å²) in [5.74, 6) is 0. The van der Waals surface area contributed by atoms with Gasteiger partial charge in [-0.15, -0.1) is 0 Å². The highest BCUT2D eigenvalue weighted by Gasteiger charge is 2.63. The number of hydrogen-bond donors (Lipinski definition) is 0. The van der Waals surface area contributed by atoms with E-state index < -0.39 is 0 Å². The number of hydrogen-bond acceptors (Lipinski definition) is 3. The van der Waals surface area contributed by atoms with Crippen molar-refractivity contribution in [3.63, 3.8) is 0 Å². The van der Waals surface area contributed by atoms with Crippen LogP contribution in [0.1, 0.15) is 66.1 Å². The molecule has 0 bridgehead atoms. The first-order valence-electron chi connectivity index (χ1n) is 10.6. The van der Waals surface area contributed by atoms with E-state index in [0.29, 0.717) is 6.04 Å². The molecule has 3 heterocycles. The van der Waals surface area contributed by atoms with Crippen molar-refractivity contribution in [3.05, 3.63) is 35.5 Å². The van der Waals surface area contributed by atoms with Crippen LogP contribution in [0.5, 0.6) is 0 Å². The first-order chi connectivity index (χ1) is 13.0. The molecule has 1 aliphatic rings. The molecule has 0 amide bonds. The van der Waals surface area contributed by atoms with Crippen molar-refractivity contribution in [2.75, 3.05) is 4.90 Å². The van der Waals surface area contributed by atoms with Crippen molar-refractivity contribution in [2.45, 2.75) is 80.3 Å². The smallest absolute Gasteiger partial charge is 0.227 e. The third-order valence-electron chi connectivity index (χ3n) is 8.67. The van der Waals surface area contributed by atoms with E-state index in [2.05, 4.69) is 89.5 Å². The Bertz CT molecular complexity index is 1080. The highest BCUT2D eigenvalue weighted by molar-refractivity contribution is 6.08. The lowest BCUT2D eigenvalue weighted by Crippen LogP contribution is -2.51. The molecule has 2 atom stereocenters. The number of nitrogens with zero attached hydrogens (tertiary/aromatic N) is 2. The normalized spacial score (nSPS) is 26.5. The molecule has 0 saturated carbocycles. The van der Waals surface area contributed by atoms with Gasteiger partial charge >= 0.3 is 0 Å². The van der Waals surface area contributed by atoms with Gasteiger partial charge in [-0.3, -0.25) is 0 Å². The van der Waals surface area contributed by atoms with Gasteiger partial charge in [-0.1, -0.05) is 46.8 Å². The van der Waals surface area contributed by atoms with Crippen LogP contribution in [0.15, 0.2) is 28.7 Å². The number of pyridine rings is 1. The monoisotopic (exact) mass is 378 g/mol. The third-order valence-corrected chi connectivity index (χ3v) is 8.67. The number of fused-ring (bicyclic) bond motifs is 3. The van der Waals surface area contributed by atoms with Gasteiger partial charge in [0.25, 0.3) is 0 Å². The minimum Gasteiger partial charge on any atom is -0.436 e. The van der Waals surface area contributed by atoms with Crippen molar-refractivity contribution in [1.82, 2.24) is 4.98 Å². The maximum atomic E-state index is 6.43. The number of aryl methyl sites for hydroxylation is 2. The predicted molar refractivity (Wildman–Crippen MR) is 119 cm³/mol. The van der Waals surface area contributed by atoms with Gasteiger partial charge in [-0.25, -0.2) is 4.98 Å². The summed E-state index contributed by atoms with van der Waals surface area (Å²) in [5, 5.41) is 2.27.